The van der Waals surface area contributed by atoms with Gasteiger partial charge in [-0.15, -0.1) is 0 Å². The first kappa shape index (κ1) is 16.1. The molecule has 0 amide bonds. The molecular weight excluding hydrogens is 276 g/mol. The van der Waals surface area contributed by atoms with Gasteiger partial charge in [-0.3, -0.25) is 0 Å². The van der Waals surface area contributed by atoms with E-state index in [1.54, 1.807) is 0 Å². The standard InChI is InChI=1S/C19H22O3/c1-12-7-13(2)9-16(8-12)11-18(19(20)21)22-17-6-5-14(3)15(4)10-17/h5-10,18H,11H2,1-4H3,(H,20,21). The summed E-state index contributed by atoms with van der Waals surface area (Å²) in [6.07, 6.45) is -0.534. The summed E-state index contributed by atoms with van der Waals surface area (Å²) in [6, 6.07) is 11.7. The third-order valence-corrected chi connectivity index (χ3v) is 3.73. The fourth-order valence-corrected chi connectivity index (χ4v) is 2.53. The van der Waals surface area contributed by atoms with Crippen LogP contribution < -0.4 is 4.74 Å². The van der Waals surface area contributed by atoms with Gasteiger partial charge in [0.05, 0.1) is 0 Å². The molecule has 116 valence electrons. The van der Waals surface area contributed by atoms with Crippen LogP contribution in [0, 0.1) is 27.7 Å². The Morgan fingerprint density at radius 2 is 1.64 bits per heavy atom. The Balaban J connectivity index is 2.19. The van der Waals surface area contributed by atoms with E-state index >= 15 is 0 Å². The minimum absolute atomic E-state index is 0.352. The SMILES string of the molecule is Cc1cc(C)cc(CC(Oc2ccc(C)c(C)c2)C(=O)O)c1. The molecule has 2 aromatic carbocycles. The van der Waals surface area contributed by atoms with Crippen molar-refractivity contribution in [3.8, 4) is 5.75 Å². The molecule has 0 heterocycles. The topological polar surface area (TPSA) is 46.5 Å². The minimum Gasteiger partial charge on any atom is -0.478 e. The van der Waals surface area contributed by atoms with Gasteiger partial charge < -0.3 is 9.84 Å². The van der Waals surface area contributed by atoms with Crippen LogP contribution in [0.4, 0.5) is 0 Å². The van der Waals surface area contributed by atoms with Crippen molar-refractivity contribution in [2.75, 3.05) is 0 Å². The van der Waals surface area contributed by atoms with Crippen LogP contribution in [0.15, 0.2) is 36.4 Å². The molecule has 0 aliphatic heterocycles. The van der Waals surface area contributed by atoms with Crippen LogP contribution in [0.2, 0.25) is 0 Å². The molecule has 0 spiro atoms. The van der Waals surface area contributed by atoms with Crippen molar-refractivity contribution in [3.63, 3.8) is 0 Å². The number of carbonyl (C=O) groups is 1. The molecule has 2 rings (SSSR count). The minimum atomic E-state index is -0.947. The van der Waals surface area contributed by atoms with Crippen LogP contribution in [0.5, 0.6) is 5.75 Å². The zero-order valence-corrected chi connectivity index (χ0v) is 13.5. The molecule has 0 aliphatic rings. The largest absolute Gasteiger partial charge is 0.478 e. The van der Waals surface area contributed by atoms with Gasteiger partial charge in [-0.2, -0.15) is 0 Å². The molecule has 1 unspecified atom stereocenters. The van der Waals surface area contributed by atoms with Crippen molar-refractivity contribution in [1.82, 2.24) is 0 Å². The van der Waals surface area contributed by atoms with E-state index in [1.165, 1.54) is 0 Å². The molecule has 3 heteroatoms. The first-order chi connectivity index (χ1) is 10.3. The Hall–Kier alpha value is -2.29. The zero-order valence-electron chi connectivity index (χ0n) is 13.5. The summed E-state index contributed by atoms with van der Waals surface area (Å²) in [7, 11) is 0. The fourth-order valence-electron chi connectivity index (χ4n) is 2.53. The Morgan fingerprint density at radius 3 is 2.18 bits per heavy atom. The first-order valence-electron chi connectivity index (χ1n) is 7.39. The lowest BCUT2D eigenvalue weighted by atomic mass is 10.0. The third kappa shape index (κ3) is 4.10. The monoisotopic (exact) mass is 298 g/mol. The predicted molar refractivity (Wildman–Crippen MR) is 87.6 cm³/mol. The van der Waals surface area contributed by atoms with Gasteiger partial charge >= 0.3 is 5.97 Å². The molecule has 1 atom stereocenters. The summed E-state index contributed by atoms with van der Waals surface area (Å²) >= 11 is 0. The fraction of sp³-hybridized carbons (Fsp3) is 0.316. The first-order valence-corrected chi connectivity index (χ1v) is 7.39. The second kappa shape index (κ2) is 6.65. The zero-order chi connectivity index (χ0) is 16.3. The van der Waals surface area contributed by atoms with Crippen LogP contribution >= 0.6 is 0 Å². The number of rotatable bonds is 5. The van der Waals surface area contributed by atoms with Crippen molar-refractivity contribution in [2.24, 2.45) is 0 Å². The Labute approximate surface area is 131 Å². The van der Waals surface area contributed by atoms with Crippen molar-refractivity contribution in [1.29, 1.82) is 0 Å². The average molecular weight is 298 g/mol. The number of benzene rings is 2. The second-order valence-electron chi connectivity index (χ2n) is 5.89. The highest BCUT2D eigenvalue weighted by Gasteiger charge is 2.20. The lowest BCUT2D eigenvalue weighted by molar-refractivity contribution is -0.145. The van der Waals surface area contributed by atoms with Gasteiger partial charge in [0.2, 0.25) is 0 Å². The highest BCUT2D eigenvalue weighted by atomic mass is 16.5. The molecule has 0 bridgehead atoms. The number of carboxylic acid groups (broad SMARTS) is 1. The molecular formula is C19H22O3. The Morgan fingerprint density at radius 1 is 1.00 bits per heavy atom. The van der Waals surface area contributed by atoms with Crippen molar-refractivity contribution in [2.45, 2.75) is 40.2 Å². The maximum atomic E-state index is 11.5. The molecule has 0 aliphatic carbocycles. The maximum absolute atomic E-state index is 11.5. The van der Waals surface area contributed by atoms with Crippen LogP contribution in [-0.2, 0) is 11.2 Å². The van der Waals surface area contributed by atoms with Gasteiger partial charge in [-0.05, 0) is 56.5 Å². The number of aryl methyl sites for hydroxylation is 4. The van der Waals surface area contributed by atoms with Crippen molar-refractivity contribution < 1.29 is 14.6 Å². The van der Waals surface area contributed by atoms with E-state index in [9.17, 15) is 9.90 Å². The molecule has 22 heavy (non-hydrogen) atoms. The number of ether oxygens (including phenoxy) is 1. The number of hydrogen-bond acceptors (Lipinski definition) is 2. The summed E-state index contributed by atoms with van der Waals surface area (Å²) in [5, 5.41) is 9.43. The summed E-state index contributed by atoms with van der Waals surface area (Å²) in [6.45, 7) is 8.03. The lowest BCUT2D eigenvalue weighted by Gasteiger charge is -2.17. The van der Waals surface area contributed by atoms with E-state index in [0.717, 1.165) is 27.8 Å². The summed E-state index contributed by atoms with van der Waals surface area (Å²) in [5.41, 5.74) is 5.49. The molecule has 0 saturated carbocycles. The Kier molecular flexibility index (Phi) is 4.86. The number of hydrogen-bond donors (Lipinski definition) is 1. The summed E-state index contributed by atoms with van der Waals surface area (Å²) in [5.74, 6) is -0.350. The van der Waals surface area contributed by atoms with Gasteiger partial charge in [0.15, 0.2) is 6.10 Å². The highest BCUT2D eigenvalue weighted by molar-refractivity contribution is 5.73. The molecule has 0 radical (unpaired) electrons. The Bertz CT molecular complexity index is 669. The van der Waals surface area contributed by atoms with Gasteiger partial charge in [-0.1, -0.05) is 35.4 Å². The smallest absolute Gasteiger partial charge is 0.345 e. The van der Waals surface area contributed by atoms with Crippen LogP contribution in [-0.4, -0.2) is 17.2 Å². The van der Waals surface area contributed by atoms with E-state index in [-0.39, 0.29) is 0 Å². The molecule has 2 aromatic rings. The number of carboxylic acids is 1. The van der Waals surface area contributed by atoms with Gasteiger partial charge in [-0.25, -0.2) is 4.79 Å². The van der Waals surface area contributed by atoms with E-state index in [2.05, 4.69) is 6.07 Å². The van der Waals surface area contributed by atoms with E-state index in [4.69, 9.17) is 4.74 Å². The van der Waals surface area contributed by atoms with Crippen LogP contribution in [0.3, 0.4) is 0 Å². The predicted octanol–water partition coefficient (Wildman–Crippen LogP) is 3.99. The normalized spacial score (nSPS) is 12.0. The molecule has 0 saturated heterocycles. The van der Waals surface area contributed by atoms with E-state index < -0.39 is 12.1 Å². The molecule has 3 nitrogen and oxygen atoms in total. The van der Waals surface area contributed by atoms with Crippen molar-refractivity contribution >= 4 is 5.97 Å². The number of aliphatic carboxylic acids is 1. The third-order valence-electron chi connectivity index (χ3n) is 3.73. The molecule has 0 aromatic heterocycles. The van der Waals surface area contributed by atoms with Gasteiger partial charge in [0.25, 0.3) is 0 Å². The molecule has 1 N–H and O–H groups in total. The van der Waals surface area contributed by atoms with Gasteiger partial charge in [0.1, 0.15) is 5.75 Å². The van der Waals surface area contributed by atoms with E-state index in [1.807, 2.05) is 58.0 Å². The molecule has 0 fully saturated rings. The highest BCUT2D eigenvalue weighted by Crippen LogP contribution is 2.20. The average Bonchev–Trinajstić information content (AvgIpc) is 2.41. The summed E-state index contributed by atoms with van der Waals surface area (Å²) in [4.78, 5) is 11.5. The lowest BCUT2D eigenvalue weighted by Crippen LogP contribution is -2.29. The van der Waals surface area contributed by atoms with Crippen LogP contribution in [0.25, 0.3) is 0 Å². The quantitative estimate of drug-likeness (QED) is 0.907. The van der Waals surface area contributed by atoms with Crippen molar-refractivity contribution in [3.05, 3.63) is 64.2 Å². The van der Waals surface area contributed by atoms with Crippen LogP contribution in [0.1, 0.15) is 27.8 Å². The second-order valence-corrected chi connectivity index (χ2v) is 5.89. The van der Waals surface area contributed by atoms with E-state index in [0.29, 0.717) is 12.2 Å². The summed E-state index contributed by atoms with van der Waals surface area (Å²) < 4.78 is 5.70. The maximum Gasteiger partial charge on any atom is 0.345 e. The van der Waals surface area contributed by atoms with Gasteiger partial charge in [0, 0.05) is 6.42 Å².